The van der Waals surface area contributed by atoms with Crippen LogP contribution in [0.15, 0.2) is 16.7 Å². The number of carbonyl (C=O) groups is 2. The number of carbonyl (C=O) groups excluding carboxylic acids is 2. The van der Waals surface area contributed by atoms with Crippen molar-refractivity contribution in [3.05, 3.63) is 22.3 Å². The summed E-state index contributed by atoms with van der Waals surface area (Å²) in [4.78, 5) is 26.3. The number of nitrogens with one attached hydrogen (secondary N) is 1. The van der Waals surface area contributed by atoms with Gasteiger partial charge < -0.3 is 10.1 Å². The highest BCUT2D eigenvalue weighted by atomic mass is 32.1. The first-order valence-electron chi connectivity index (χ1n) is 7.18. The second-order valence-corrected chi connectivity index (χ2v) is 6.05. The van der Waals surface area contributed by atoms with Gasteiger partial charge in [0.25, 0.3) is 0 Å². The molecule has 1 aliphatic heterocycles. The van der Waals surface area contributed by atoms with Gasteiger partial charge in [-0.2, -0.15) is 0 Å². The van der Waals surface area contributed by atoms with E-state index in [1.165, 1.54) is 11.5 Å². The van der Waals surface area contributed by atoms with Crippen LogP contribution in [-0.4, -0.2) is 39.6 Å². The summed E-state index contributed by atoms with van der Waals surface area (Å²) in [5, 5.41) is 8.53. The van der Waals surface area contributed by atoms with E-state index in [1.807, 2.05) is 13.8 Å². The molecule has 1 aromatic rings. The van der Waals surface area contributed by atoms with Gasteiger partial charge in [-0.3, -0.25) is 4.90 Å². The summed E-state index contributed by atoms with van der Waals surface area (Å²) in [7, 11) is 0. The minimum absolute atomic E-state index is 0.239. The van der Waals surface area contributed by atoms with Crippen LogP contribution in [0.1, 0.15) is 39.4 Å². The van der Waals surface area contributed by atoms with Crippen LogP contribution in [0.5, 0.6) is 0 Å². The zero-order valence-corrected chi connectivity index (χ0v) is 13.9. The summed E-state index contributed by atoms with van der Waals surface area (Å²) in [5.41, 5.74) is 1.56. The molecule has 1 N–H and O–H groups in total. The predicted octanol–water partition coefficient (Wildman–Crippen LogP) is 2.10. The van der Waals surface area contributed by atoms with E-state index in [2.05, 4.69) is 14.9 Å². The Kier molecular flexibility index (Phi) is 5.12. The fourth-order valence-corrected chi connectivity index (χ4v) is 2.84. The van der Waals surface area contributed by atoms with Crippen LogP contribution in [0.3, 0.4) is 0 Å². The normalized spacial score (nSPS) is 18.7. The second-order valence-electron chi connectivity index (χ2n) is 5.44. The van der Waals surface area contributed by atoms with Crippen LogP contribution in [0.4, 0.5) is 4.79 Å². The van der Waals surface area contributed by atoms with Gasteiger partial charge >= 0.3 is 12.0 Å². The lowest BCUT2D eigenvalue weighted by Gasteiger charge is -2.35. The van der Waals surface area contributed by atoms with Crippen LogP contribution in [0.2, 0.25) is 0 Å². The van der Waals surface area contributed by atoms with Gasteiger partial charge in [-0.1, -0.05) is 18.3 Å². The number of amides is 2. The maximum atomic E-state index is 12.4. The zero-order chi connectivity index (χ0) is 16.3. The van der Waals surface area contributed by atoms with Crippen LogP contribution in [-0.2, 0) is 9.53 Å². The van der Waals surface area contributed by atoms with Crippen molar-refractivity contribution in [2.45, 2.75) is 33.7 Å². The summed E-state index contributed by atoms with van der Waals surface area (Å²) in [6, 6.07) is -0.856. The quantitative estimate of drug-likeness (QED) is 0.838. The number of rotatable bonds is 5. The lowest BCUT2D eigenvalue weighted by atomic mass is 9.99. The first-order chi connectivity index (χ1) is 10.5. The molecule has 1 aliphatic rings. The molecule has 2 rings (SSSR count). The SMILES string of the molecule is CCOC(=O)C1=C(C)N(CC(C)C)C(=O)N[C@H]1c1csnn1. The van der Waals surface area contributed by atoms with Crippen molar-refractivity contribution in [3.8, 4) is 0 Å². The first-order valence-corrected chi connectivity index (χ1v) is 8.02. The molecular weight excluding hydrogens is 304 g/mol. The molecule has 1 aromatic heterocycles. The molecule has 0 spiro atoms. The minimum Gasteiger partial charge on any atom is -0.463 e. The third-order valence-electron chi connectivity index (χ3n) is 3.31. The zero-order valence-electron chi connectivity index (χ0n) is 13.1. The molecule has 2 heterocycles. The van der Waals surface area contributed by atoms with Crippen molar-refractivity contribution in [1.82, 2.24) is 19.8 Å². The van der Waals surface area contributed by atoms with E-state index in [0.717, 1.165) is 0 Å². The summed E-state index contributed by atoms with van der Waals surface area (Å²) < 4.78 is 8.96. The number of aromatic nitrogens is 2. The number of nitrogens with zero attached hydrogens (tertiary/aromatic N) is 3. The molecule has 8 heteroatoms. The Morgan fingerprint density at radius 3 is 2.82 bits per heavy atom. The Balaban J connectivity index is 2.45. The Bertz CT molecular complexity index is 583. The van der Waals surface area contributed by atoms with Gasteiger partial charge in [0.2, 0.25) is 0 Å². The van der Waals surface area contributed by atoms with Crippen LogP contribution < -0.4 is 5.32 Å². The third-order valence-corrected chi connectivity index (χ3v) is 3.83. The number of allylic oxidation sites excluding steroid dienone is 1. The smallest absolute Gasteiger partial charge is 0.338 e. The average Bonchev–Trinajstić information content (AvgIpc) is 2.96. The Morgan fingerprint density at radius 2 is 2.27 bits per heavy atom. The fourth-order valence-electron chi connectivity index (χ4n) is 2.36. The Labute approximate surface area is 133 Å². The van der Waals surface area contributed by atoms with Crippen molar-refractivity contribution in [2.24, 2.45) is 5.92 Å². The molecule has 1 atom stereocenters. The van der Waals surface area contributed by atoms with Crippen LogP contribution in [0.25, 0.3) is 0 Å². The van der Waals surface area contributed by atoms with E-state index in [0.29, 0.717) is 23.5 Å². The van der Waals surface area contributed by atoms with Gasteiger partial charge in [0.1, 0.15) is 11.7 Å². The Hall–Kier alpha value is -1.96. The molecule has 0 aromatic carbocycles. The maximum absolute atomic E-state index is 12.4. The number of ether oxygens (including phenoxy) is 1. The molecule has 0 bridgehead atoms. The standard InChI is InChI=1S/C14H20N4O3S/c1-5-21-13(19)11-9(4)18(6-8(2)3)14(20)15-12(11)10-7-22-17-16-10/h7-8,12H,5-6H2,1-4H3,(H,15,20)/t12-/m0/s1. The lowest BCUT2D eigenvalue weighted by Crippen LogP contribution is -2.49. The Morgan fingerprint density at radius 1 is 1.55 bits per heavy atom. The van der Waals surface area contributed by atoms with E-state index in [4.69, 9.17) is 4.74 Å². The third kappa shape index (κ3) is 3.27. The highest BCUT2D eigenvalue weighted by Gasteiger charge is 2.37. The van der Waals surface area contributed by atoms with E-state index in [1.54, 1.807) is 24.1 Å². The van der Waals surface area contributed by atoms with Gasteiger partial charge in [0.15, 0.2) is 0 Å². The van der Waals surface area contributed by atoms with Gasteiger partial charge in [0.05, 0.1) is 12.2 Å². The number of esters is 1. The van der Waals surface area contributed by atoms with E-state index in [-0.39, 0.29) is 18.6 Å². The van der Waals surface area contributed by atoms with Crippen molar-refractivity contribution in [1.29, 1.82) is 0 Å². The predicted molar refractivity (Wildman–Crippen MR) is 82.1 cm³/mol. The number of urea groups is 1. The molecule has 0 radical (unpaired) electrons. The maximum Gasteiger partial charge on any atom is 0.338 e. The first kappa shape index (κ1) is 16.4. The molecule has 0 saturated heterocycles. The highest BCUT2D eigenvalue weighted by Crippen LogP contribution is 2.31. The number of hydrogen-bond acceptors (Lipinski definition) is 6. The van der Waals surface area contributed by atoms with Crippen molar-refractivity contribution >= 4 is 23.5 Å². The summed E-state index contributed by atoms with van der Waals surface area (Å²) in [6.07, 6.45) is 0. The van der Waals surface area contributed by atoms with Crippen molar-refractivity contribution in [3.63, 3.8) is 0 Å². The molecular formula is C14H20N4O3S. The summed E-state index contributed by atoms with van der Waals surface area (Å²) in [6.45, 7) is 8.35. The summed E-state index contributed by atoms with van der Waals surface area (Å²) in [5.74, 6) is -0.159. The summed E-state index contributed by atoms with van der Waals surface area (Å²) >= 11 is 1.17. The molecule has 2 amide bonds. The molecule has 0 aliphatic carbocycles. The van der Waals surface area contributed by atoms with E-state index >= 15 is 0 Å². The van der Waals surface area contributed by atoms with Crippen LogP contribution >= 0.6 is 11.5 Å². The molecule has 7 nitrogen and oxygen atoms in total. The van der Waals surface area contributed by atoms with Gasteiger partial charge in [-0.15, -0.1) is 5.10 Å². The lowest BCUT2D eigenvalue weighted by molar-refractivity contribution is -0.139. The number of hydrogen-bond donors (Lipinski definition) is 1. The average molecular weight is 324 g/mol. The molecule has 0 unspecified atom stereocenters. The van der Waals surface area contributed by atoms with Crippen molar-refractivity contribution < 1.29 is 14.3 Å². The second kappa shape index (κ2) is 6.87. The molecule has 0 saturated carbocycles. The highest BCUT2D eigenvalue weighted by molar-refractivity contribution is 7.03. The van der Waals surface area contributed by atoms with Crippen LogP contribution in [0, 0.1) is 5.92 Å². The minimum atomic E-state index is -0.617. The topological polar surface area (TPSA) is 84.4 Å². The van der Waals surface area contributed by atoms with Gasteiger partial charge in [-0.05, 0) is 31.3 Å². The van der Waals surface area contributed by atoms with E-state index in [9.17, 15) is 9.59 Å². The fraction of sp³-hybridized carbons (Fsp3) is 0.571. The van der Waals surface area contributed by atoms with E-state index < -0.39 is 12.0 Å². The van der Waals surface area contributed by atoms with Gasteiger partial charge in [0, 0.05) is 17.6 Å². The monoisotopic (exact) mass is 324 g/mol. The molecule has 120 valence electrons. The van der Waals surface area contributed by atoms with Crippen molar-refractivity contribution in [2.75, 3.05) is 13.2 Å². The largest absolute Gasteiger partial charge is 0.463 e. The molecule has 0 fully saturated rings. The van der Waals surface area contributed by atoms with Gasteiger partial charge in [-0.25, -0.2) is 9.59 Å². The molecule has 22 heavy (non-hydrogen) atoms.